The summed E-state index contributed by atoms with van der Waals surface area (Å²) in [6.07, 6.45) is 4.37. The fraction of sp³-hybridized carbons (Fsp3) is 0.0204. The summed E-state index contributed by atoms with van der Waals surface area (Å²) in [5, 5.41) is 2.46. The largest absolute Gasteiger partial charge is 0.311 e. The fourth-order valence-electron chi connectivity index (χ4n) is 6.72. The van der Waals surface area contributed by atoms with Crippen LogP contribution in [0.25, 0.3) is 34.1 Å². The summed E-state index contributed by atoms with van der Waals surface area (Å²) in [5.41, 5.74) is 12.8. The Hall–Kier alpha value is -6.64. The molecule has 0 N–H and O–H groups in total. The van der Waals surface area contributed by atoms with Crippen LogP contribution in [-0.2, 0) is 0 Å². The van der Waals surface area contributed by atoms with Crippen molar-refractivity contribution in [1.82, 2.24) is 0 Å². The lowest BCUT2D eigenvalue weighted by molar-refractivity contribution is 1.28. The van der Waals surface area contributed by atoms with Crippen molar-refractivity contribution >= 4 is 57.0 Å². The van der Waals surface area contributed by atoms with Crippen molar-refractivity contribution in [1.29, 1.82) is 0 Å². The van der Waals surface area contributed by atoms with Gasteiger partial charge in [0.15, 0.2) is 0 Å². The highest BCUT2D eigenvalue weighted by Gasteiger charge is 2.15. The smallest absolute Gasteiger partial charge is 0.0540 e. The van der Waals surface area contributed by atoms with Gasteiger partial charge in [0.25, 0.3) is 0 Å². The number of benzene rings is 8. The van der Waals surface area contributed by atoms with Gasteiger partial charge in [-0.25, -0.2) is 0 Å². The molecule has 0 unspecified atom stereocenters. The first-order chi connectivity index (χ1) is 25.2. The average molecular weight is 655 g/mol. The van der Waals surface area contributed by atoms with Gasteiger partial charge in [-0.2, -0.15) is 0 Å². The van der Waals surface area contributed by atoms with Crippen LogP contribution >= 0.6 is 0 Å². The molecular weight excluding hydrogens is 617 g/mol. The van der Waals surface area contributed by atoms with Crippen molar-refractivity contribution in [2.75, 3.05) is 9.80 Å². The van der Waals surface area contributed by atoms with Gasteiger partial charge in [0.05, 0.1) is 5.69 Å². The second-order valence-electron chi connectivity index (χ2n) is 12.8. The Labute approximate surface area is 300 Å². The SMILES string of the molecule is Cc1cccc(N(c2ccc(/C=C/c3ccc(-c4ccc(N(c5ccccc5)c5ccccc5)cc4)cc3)cc2)c2cccc3ccccc23)c1. The highest BCUT2D eigenvalue weighted by atomic mass is 15.1. The van der Waals surface area contributed by atoms with Crippen LogP contribution in [0.4, 0.5) is 34.1 Å². The first-order valence-corrected chi connectivity index (χ1v) is 17.4. The molecule has 0 aliphatic heterocycles. The molecule has 51 heavy (non-hydrogen) atoms. The Morgan fingerprint density at radius 1 is 0.353 bits per heavy atom. The summed E-state index contributed by atoms with van der Waals surface area (Å²) in [7, 11) is 0. The number of hydrogen-bond acceptors (Lipinski definition) is 2. The second-order valence-corrected chi connectivity index (χ2v) is 12.8. The highest BCUT2D eigenvalue weighted by molar-refractivity contribution is 5.99. The standard InChI is InChI=1S/C49H38N2/c1-37-12-10-19-47(36-37)51(49-21-11-14-42-13-8-9-20-48(42)49)46-32-26-39(27-33-46)23-22-38-24-28-40(29-25-38)41-30-34-45(35-31-41)50(43-15-4-2-5-16-43)44-17-6-3-7-18-44/h2-36H,1H3/b23-22+. The first kappa shape index (κ1) is 31.6. The third-order valence-corrected chi connectivity index (χ3v) is 9.29. The van der Waals surface area contributed by atoms with E-state index < -0.39 is 0 Å². The van der Waals surface area contributed by atoms with Crippen molar-refractivity contribution in [3.63, 3.8) is 0 Å². The van der Waals surface area contributed by atoms with Gasteiger partial charge in [0.1, 0.15) is 0 Å². The summed E-state index contributed by atoms with van der Waals surface area (Å²) in [5.74, 6) is 0. The van der Waals surface area contributed by atoms with Crippen molar-refractivity contribution in [2.45, 2.75) is 6.92 Å². The van der Waals surface area contributed by atoms with Crippen LogP contribution in [0.5, 0.6) is 0 Å². The molecule has 0 amide bonds. The number of hydrogen-bond donors (Lipinski definition) is 0. The molecule has 0 bridgehead atoms. The van der Waals surface area contributed by atoms with Crippen LogP contribution in [0.1, 0.15) is 16.7 Å². The molecule has 0 aromatic heterocycles. The lowest BCUT2D eigenvalue weighted by Gasteiger charge is -2.27. The quantitative estimate of drug-likeness (QED) is 0.143. The van der Waals surface area contributed by atoms with Gasteiger partial charge in [-0.05, 0) is 107 Å². The number of para-hydroxylation sites is 2. The van der Waals surface area contributed by atoms with Crippen LogP contribution in [0.3, 0.4) is 0 Å². The third kappa shape index (κ3) is 6.94. The molecule has 2 heteroatoms. The van der Waals surface area contributed by atoms with E-state index in [4.69, 9.17) is 0 Å². The number of rotatable bonds is 9. The maximum atomic E-state index is 2.36. The summed E-state index contributed by atoms with van der Waals surface area (Å²) in [6, 6.07) is 71.3. The van der Waals surface area contributed by atoms with Gasteiger partial charge >= 0.3 is 0 Å². The van der Waals surface area contributed by atoms with Crippen LogP contribution in [-0.4, -0.2) is 0 Å². The van der Waals surface area contributed by atoms with E-state index in [1.807, 2.05) is 0 Å². The molecule has 0 fully saturated rings. The van der Waals surface area contributed by atoms with Gasteiger partial charge in [-0.3, -0.25) is 0 Å². The number of fused-ring (bicyclic) bond motifs is 1. The topological polar surface area (TPSA) is 6.48 Å². The van der Waals surface area contributed by atoms with Gasteiger partial charge < -0.3 is 9.80 Å². The van der Waals surface area contributed by atoms with E-state index in [1.54, 1.807) is 0 Å². The first-order valence-electron chi connectivity index (χ1n) is 17.4. The average Bonchev–Trinajstić information content (AvgIpc) is 3.19. The van der Waals surface area contributed by atoms with Gasteiger partial charge in [-0.1, -0.05) is 146 Å². The molecule has 0 heterocycles. The normalized spacial score (nSPS) is 11.2. The molecule has 8 aromatic carbocycles. The summed E-state index contributed by atoms with van der Waals surface area (Å²) in [6.45, 7) is 2.15. The molecule has 8 rings (SSSR count). The monoisotopic (exact) mass is 654 g/mol. The molecular formula is C49H38N2. The van der Waals surface area contributed by atoms with Gasteiger partial charge in [0.2, 0.25) is 0 Å². The summed E-state index contributed by atoms with van der Waals surface area (Å²) < 4.78 is 0. The van der Waals surface area contributed by atoms with Crippen LogP contribution in [0.2, 0.25) is 0 Å². The van der Waals surface area contributed by atoms with E-state index in [0.29, 0.717) is 0 Å². The van der Waals surface area contributed by atoms with Crippen LogP contribution < -0.4 is 9.80 Å². The molecule has 0 spiro atoms. The third-order valence-electron chi connectivity index (χ3n) is 9.29. The molecule has 0 aliphatic carbocycles. The Morgan fingerprint density at radius 2 is 0.804 bits per heavy atom. The van der Waals surface area contributed by atoms with Gasteiger partial charge in [0, 0.05) is 33.8 Å². The maximum absolute atomic E-state index is 2.36. The van der Waals surface area contributed by atoms with E-state index in [1.165, 1.54) is 33.2 Å². The lowest BCUT2D eigenvalue weighted by atomic mass is 10.0. The zero-order chi connectivity index (χ0) is 34.4. The van der Waals surface area contributed by atoms with Crippen LogP contribution in [0.15, 0.2) is 200 Å². The zero-order valence-corrected chi connectivity index (χ0v) is 28.6. The molecule has 8 aromatic rings. The Kier molecular flexibility index (Phi) is 8.96. The predicted octanol–water partition coefficient (Wildman–Crippen LogP) is 13.9. The van der Waals surface area contributed by atoms with E-state index in [0.717, 1.165) is 39.6 Å². The van der Waals surface area contributed by atoms with Crippen molar-refractivity contribution in [2.24, 2.45) is 0 Å². The minimum atomic E-state index is 1.13. The molecule has 244 valence electrons. The van der Waals surface area contributed by atoms with Crippen molar-refractivity contribution < 1.29 is 0 Å². The van der Waals surface area contributed by atoms with Gasteiger partial charge in [-0.15, -0.1) is 0 Å². The van der Waals surface area contributed by atoms with E-state index in [9.17, 15) is 0 Å². The fourth-order valence-corrected chi connectivity index (χ4v) is 6.72. The Morgan fingerprint density at radius 3 is 1.43 bits per heavy atom. The minimum absolute atomic E-state index is 1.13. The number of anilines is 6. The second kappa shape index (κ2) is 14.5. The van der Waals surface area contributed by atoms with E-state index in [2.05, 4.69) is 229 Å². The highest BCUT2D eigenvalue weighted by Crippen LogP contribution is 2.39. The summed E-state index contributed by atoms with van der Waals surface area (Å²) in [4.78, 5) is 4.64. The molecule has 0 radical (unpaired) electrons. The predicted molar refractivity (Wildman–Crippen MR) is 219 cm³/mol. The molecule has 0 aliphatic rings. The summed E-state index contributed by atoms with van der Waals surface area (Å²) >= 11 is 0. The molecule has 0 saturated heterocycles. The Bertz CT molecular complexity index is 2350. The van der Waals surface area contributed by atoms with Crippen molar-refractivity contribution in [3.05, 3.63) is 217 Å². The maximum Gasteiger partial charge on any atom is 0.0540 e. The number of nitrogens with zero attached hydrogens (tertiary/aromatic N) is 2. The van der Waals surface area contributed by atoms with E-state index in [-0.39, 0.29) is 0 Å². The van der Waals surface area contributed by atoms with Crippen LogP contribution in [0, 0.1) is 6.92 Å². The molecule has 0 atom stereocenters. The lowest BCUT2D eigenvalue weighted by Crippen LogP contribution is -2.10. The van der Waals surface area contributed by atoms with E-state index >= 15 is 0 Å². The minimum Gasteiger partial charge on any atom is -0.311 e. The van der Waals surface area contributed by atoms with Crippen molar-refractivity contribution in [3.8, 4) is 11.1 Å². The molecule has 0 saturated carbocycles. The Balaban J connectivity index is 1.01. The zero-order valence-electron chi connectivity index (χ0n) is 28.6. The number of aryl methyl sites for hydroxylation is 1. The molecule has 2 nitrogen and oxygen atoms in total.